The molecule has 19 heavy (non-hydrogen) atoms. The van der Waals surface area contributed by atoms with Gasteiger partial charge in [-0.05, 0) is 40.6 Å². The van der Waals surface area contributed by atoms with Gasteiger partial charge in [-0.2, -0.15) is 0 Å². The van der Waals surface area contributed by atoms with Crippen LogP contribution in [0, 0.1) is 0 Å². The van der Waals surface area contributed by atoms with E-state index in [2.05, 4.69) is 52.4 Å². The fourth-order valence-electron chi connectivity index (χ4n) is 1.86. The molecule has 0 atom stereocenters. The highest BCUT2D eigenvalue weighted by Gasteiger charge is 2.00. The van der Waals surface area contributed by atoms with E-state index in [1.165, 1.54) is 15.7 Å². The van der Waals surface area contributed by atoms with Crippen LogP contribution in [0.25, 0.3) is 10.8 Å². The molecule has 94 valence electrons. The minimum atomic E-state index is 0.302. The zero-order chi connectivity index (χ0) is 13.1. The van der Waals surface area contributed by atoms with Crippen molar-refractivity contribution >= 4 is 34.1 Å². The molecular weight excluding hydrogens is 276 g/mol. The van der Waals surface area contributed by atoms with Crippen molar-refractivity contribution in [3.8, 4) is 0 Å². The number of fused-ring (bicyclic) bond motifs is 1. The molecule has 1 heterocycles. The molecule has 0 aliphatic rings. The molecule has 0 amide bonds. The van der Waals surface area contributed by atoms with Gasteiger partial charge < -0.3 is 0 Å². The average molecular weight is 287 g/mol. The molecule has 0 unspecified atom stereocenters. The van der Waals surface area contributed by atoms with Gasteiger partial charge in [0.1, 0.15) is 0 Å². The summed E-state index contributed by atoms with van der Waals surface area (Å²) in [7, 11) is 0. The number of rotatable bonds is 3. The van der Waals surface area contributed by atoms with Crippen molar-refractivity contribution in [1.82, 2.24) is 9.97 Å². The van der Waals surface area contributed by atoms with Crippen molar-refractivity contribution in [2.24, 2.45) is 0 Å². The molecule has 3 rings (SSSR count). The second kappa shape index (κ2) is 5.59. The average Bonchev–Trinajstić information content (AvgIpc) is 2.45. The van der Waals surface area contributed by atoms with E-state index in [0.717, 1.165) is 11.4 Å². The van der Waals surface area contributed by atoms with Crippen LogP contribution in [0.1, 0.15) is 5.69 Å². The number of hydrogen-bond acceptors (Lipinski definition) is 3. The molecule has 0 radical (unpaired) electrons. The van der Waals surface area contributed by atoms with Gasteiger partial charge in [0.2, 0.25) is 5.28 Å². The van der Waals surface area contributed by atoms with Gasteiger partial charge in [0.15, 0.2) is 0 Å². The minimum absolute atomic E-state index is 0.302. The summed E-state index contributed by atoms with van der Waals surface area (Å²) in [5.74, 6) is 0.792. The lowest BCUT2D eigenvalue weighted by atomic mass is 10.1. The molecule has 0 saturated heterocycles. The van der Waals surface area contributed by atoms with Crippen molar-refractivity contribution in [2.75, 3.05) is 0 Å². The smallest absolute Gasteiger partial charge is 0.222 e. The monoisotopic (exact) mass is 286 g/mol. The summed E-state index contributed by atoms with van der Waals surface area (Å²) in [6.45, 7) is 0. The molecule has 0 aliphatic heterocycles. The Balaban J connectivity index is 1.78. The van der Waals surface area contributed by atoms with Gasteiger partial charge in [-0.3, -0.25) is 0 Å². The van der Waals surface area contributed by atoms with Gasteiger partial charge in [-0.1, -0.05) is 30.3 Å². The lowest BCUT2D eigenvalue weighted by Gasteiger charge is -2.03. The second-order valence-corrected chi connectivity index (χ2v) is 5.50. The summed E-state index contributed by atoms with van der Waals surface area (Å²) < 4.78 is 0. The Morgan fingerprint density at radius 2 is 1.84 bits per heavy atom. The molecule has 4 heteroatoms. The van der Waals surface area contributed by atoms with Gasteiger partial charge >= 0.3 is 0 Å². The maximum atomic E-state index is 5.77. The van der Waals surface area contributed by atoms with Crippen molar-refractivity contribution in [3.63, 3.8) is 0 Å². The highest BCUT2D eigenvalue weighted by atomic mass is 35.5. The van der Waals surface area contributed by atoms with E-state index in [9.17, 15) is 0 Å². The molecule has 0 fully saturated rings. The van der Waals surface area contributed by atoms with E-state index in [1.807, 2.05) is 6.07 Å². The van der Waals surface area contributed by atoms with Gasteiger partial charge in [0.05, 0.1) is 5.69 Å². The van der Waals surface area contributed by atoms with Crippen molar-refractivity contribution in [2.45, 2.75) is 10.6 Å². The SMILES string of the molecule is Clc1nccc(CSc2ccc3ccccc3c2)n1. The van der Waals surface area contributed by atoms with Crippen LogP contribution in [0.15, 0.2) is 59.6 Å². The van der Waals surface area contributed by atoms with Crippen molar-refractivity contribution in [1.29, 1.82) is 0 Å². The fourth-order valence-corrected chi connectivity index (χ4v) is 2.88. The van der Waals surface area contributed by atoms with Crippen LogP contribution in [0.2, 0.25) is 5.28 Å². The molecule has 0 bridgehead atoms. The normalized spacial score (nSPS) is 10.8. The molecule has 0 saturated carbocycles. The topological polar surface area (TPSA) is 25.8 Å². The summed E-state index contributed by atoms with van der Waals surface area (Å²) in [5, 5.41) is 2.82. The first-order valence-corrected chi connectivity index (χ1v) is 7.27. The maximum absolute atomic E-state index is 5.77. The van der Waals surface area contributed by atoms with E-state index >= 15 is 0 Å². The predicted molar refractivity (Wildman–Crippen MR) is 80.6 cm³/mol. The van der Waals surface area contributed by atoms with Crippen LogP contribution < -0.4 is 0 Å². The third-order valence-electron chi connectivity index (χ3n) is 2.79. The van der Waals surface area contributed by atoms with Gasteiger partial charge in [0, 0.05) is 16.8 Å². The van der Waals surface area contributed by atoms with Crippen LogP contribution in [0.3, 0.4) is 0 Å². The molecule has 2 nitrogen and oxygen atoms in total. The first kappa shape index (κ1) is 12.5. The summed E-state index contributed by atoms with van der Waals surface area (Å²) >= 11 is 7.52. The molecule has 2 aromatic carbocycles. The lowest BCUT2D eigenvalue weighted by Crippen LogP contribution is -1.89. The molecule has 3 aromatic rings. The Bertz CT molecular complexity index is 715. The highest BCUT2D eigenvalue weighted by Crippen LogP contribution is 2.26. The largest absolute Gasteiger partial charge is 0.227 e. The summed E-state index contributed by atoms with van der Waals surface area (Å²) in [6.07, 6.45) is 1.69. The summed E-state index contributed by atoms with van der Waals surface area (Å²) in [4.78, 5) is 9.29. The van der Waals surface area contributed by atoms with Crippen LogP contribution in [-0.2, 0) is 5.75 Å². The van der Waals surface area contributed by atoms with Crippen LogP contribution >= 0.6 is 23.4 Å². The Kier molecular flexibility index (Phi) is 3.67. The zero-order valence-electron chi connectivity index (χ0n) is 10.1. The van der Waals surface area contributed by atoms with Crippen LogP contribution in [0.5, 0.6) is 0 Å². The quantitative estimate of drug-likeness (QED) is 0.521. The summed E-state index contributed by atoms with van der Waals surface area (Å²) in [5.41, 5.74) is 0.943. The molecule has 0 aliphatic carbocycles. The standard InChI is InChI=1S/C15H11ClN2S/c16-15-17-8-7-13(18-15)10-19-14-6-5-11-3-1-2-4-12(11)9-14/h1-9H,10H2. The fraction of sp³-hybridized carbons (Fsp3) is 0.0667. The first-order valence-electron chi connectivity index (χ1n) is 5.90. The van der Waals surface area contributed by atoms with E-state index in [1.54, 1.807) is 18.0 Å². The first-order chi connectivity index (χ1) is 9.31. The van der Waals surface area contributed by atoms with E-state index in [0.29, 0.717) is 5.28 Å². The number of aromatic nitrogens is 2. The minimum Gasteiger partial charge on any atom is -0.227 e. The van der Waals surface area contributed by atoms with E-state index in [-0.39, 0.29) is 0 Å². The molecule has 0 spiro atoms. The third kappa shape index (κ3) is 3.06. The van der Waals surface area contributed by atoms with Crippen LogP contribution in [-0.4, -0.2) is 9.97 Å². The Hall–Kier alpha value is -1.58. The highest BCUT2D eigenvalue weighted by molar-refractivity contribution is 7.98. The maximum Gasteiger partial charge on any atom is 0.222 e. The van der Waals surface area contributed by atoms with Crippen LogP contribution in [0.4, 0.5) is 0 Å². The second-order valence-electron chi connectivity index (χ2n) is 4.11. The van der Waals surface area contributed by atoms with Crippen molar-refractivity contribution in [3.05, 3.63) is 65.7 Å². The number of nitrogens with zero attached hydrogens (tertiary/aromatic N) is 2. The summed E-state index contributed by atoms with van der Waals surface area (Å²) in [6, 6.07) is 16.7. The Morgan fingerprint density at radius 1 is 1.00 bits per heavy atom. The molecule has 1 aromatic heterocycles. The molecular formula is C15H11ClN2S. The van der Waals surface area contributed by atoms with Crippen molar-refractivity contribution < 1.29 is 0 Å². The van der Waals surface area contributed by atoms with Gasteiger partial charge in [-0.25, -0.2) is 9.97 Å². The van der Waals surface area contributed by atoms with Gasteiger partial charge in [-0.15, -0.1) is 11.8 Å². The number of halogens is 1. The number of benzene rings is 2. The molecule has 0 N–H and O–H groups in total. The number of hydrogen-bond donors (Lipinski definition) is 0. The van der Waals surface area contributed by atoms with Gasteiger partial charge in [0.25, 0.3) is 0 Å². The zero-order valence-corrected chi connectivity index (χ0v) is 11.7. The van der Waals surface area contributed by atoms with E-state index in [4.69, 9.17) is 11.6 Å². The Morgan fingerprint density at radius 3 is 2.68 bits per heavy atom. The lowest BCUT2D eigenvalue weighted by molar-refractivity contribution is 1.09. The predicted octanol–water partition coefficient (Wildman–Crippen LogP) is 4.58. The Labute approximate surface area is 120 Å². The number of thioether (sulfide) groups is 1. The third-order valence-corrected chi connectivity index (χ3v) is 4.00. The van der Waals surface area contributed by atoms with E-state index < -0.39 is 0 Å².